The molecule has 1 rings (SSSR count). The first kappa shape index (κ1) is 14.8. The Morgan fingerprint density at radius 3 is 2.68 bits per heavy atom. The van der Waals surface area contributed by atoms with Gasteiger partial charge < -0.3 is 15.7 Å². The summed E-state index contributed by atoms with van der Waals surface area (Å²) in [5, 5.41) is 14.2. The van der Waals surface area contributed by atoms with E-state index in [0.29, 0.717) is 19.5 Å². The highest BCUT2D eigenvalue weighted by Crippen LogP contribution is 2.05. The average molecular weight is 262 g/mol. The molecule has 0 saturated heterocycles. The van der Waals surface area contributed by atoms with E-state index in [1.54, 1.807) is 24.3 Å². The van der Waals surface area contributed by atoms with Crippen LogP contribution in [0.25, 0.3) is 0 Å². The van der Waals surface area contributed by atoms with Crippen LogP contribution >= 0.6 is 0 Å². The van der Waals surface area contributed by atoms with E-state index in [9.17, 15) is 9.59 Å². The zero-order valence-electron chi connectivity index (χ0n) is 10.7. The van der Waals surface area contributed by atoms with Gasteiger partial charge in [-0.15, -0.1) is 6.58 Å². The van der Waals surface area contributed by atoms with Crippen LogP contribution in [0.15, 0.2) is 36.9 Å². The number of hydrogen-bond acceptors (Lipinski definition) is 2. The molecule has 5 nitrogen and oxygen atoms in total. The minimum atomic E-state index is -0.947. The zero-order chi connectivity index (χ0) is 14.1. The van der Waals surface area contributed by atoms with Gasteiger partial charge in [-0.1, -0.05) is 18.2 Å². The van der Waals surface area contributed by atoms with Gasteiger partial charge >= 0.3 is 12.0 Å². The maximum atomic E-state index is 11.3. The summed E-state index contributed by atoms with van der Waals surface area (Å²) < 4.78 is 0. The largest absolute Gasteiger partial charge is 0.478 e. The molecular weight excluding hydrogens is 244 g/mol. The highest BCUT2D eigenvalue weighted by atomic mass is 16.4. The fraction of sp³-hybridized carbons (Fsp3) is 0.286. The smallest absolute Gasteiger partial charge is 0.335 e. The van der Waals surface area contributed by atoms with Gasteiger partial charge in [0.15, 0.2) is 0 Å². The van der Waals surface area contributed by atoms with Crippen LogP contribution in [0.1, 0.15) is 22.3 Å². The minimum absolute atomic E-state index is 0.226. The molecule has 0 aromatic heterocycles. The second kappa shape index (κ2) is 7.92. The molecule has 0 spiro atoms. The molecular formula is C14H18N2O3. The predicted molar refractivity (Wildman–Crippen MR) is 73.3 cm³/mol. The lowest BCUT2D eigenvalue weighted by molar-refractivity contribution is 0.0696. The fourth-order valence-corrected chi connectivity index (χ4v) is 1.53. The number of urea groups is 1. The van der Waals surface area contributed by atoms with Crippen molar-refractivity contribution in [3.8, 4) is 0 Å². The summed E-state index contributed by atoms with van der Waals surface area (Å²) in [6.45, 7) is 4.58. The number of carboxylic acid groups (broad SMARTS) is 1. The number of nitrogens with one attached hydrogen (secondary N) is 2. The molecule has 102 valence electrons. The minimum Gasteiger partial charge on any atom is -0.478 e. The number of carbonyl (C=O) groups excluding carboxylic acids is 1. The quantitative estimate of drug-likeness (QED) is 0.518. The first-order valence-corrected chi connectivity index (χ1v) is 6.08. The van der Waals surface area contributed by atoms with Crippen LogP contribution in [0.5, 0.6) is 0 Å². The predicted octanol–water partition coefficient (Wildman–Crippen LogP) is 1.80. The second-order valence-electron chi connectivity index (χ2n) is 4.02. The van der Waals surface area contributed by atoms with E-state index in [1.807, 2.05) is 6.07 Å². The molecule has 0 heterocycles. The molecule has 5 heteroatoms. The number of benzene rings is 1. The normalized spacial score (nSPS) is 9.68. The monoisotopic (exact) mass is 262 g/mol. The number of amides is 2. The van der Waals surface area contributed by atoms with Gasteiger partial charge in [0.2, 0.25) is 0 Å². The molecule has 1 aromatic carbocycles. The topological polar surface area (TPSA) is 78.4 Å². The molecule has 3 N–H and O–H groups in total. The Morgan fingerprint density at radius 2 is 2.00 bits per heavy atom. The van der Waals surface area contributed by atoms with Crippen LogP contribution in [0, 0.1) is 0 Å². The Kier molecular flexibility index (Phi) is 6.15. The van der Waals surface area contributed by atoms with Crippen molar-refractivity contribution in [1.82, 2.24) is 10.6 Å². The molecule has 0 saturated carbocycles. The third-order valence-corrected chi connectivity index (χ3v) is 2.51. The first-order chi connectivity index (χ1) is 9.13. The summed E-state index contributed by atoms with van der Waals surface area (Å²) in [5.41, 5.74) is 1.14. The standard InChI is InChI=1S/C14H18N2O3/c1-2-3-8-15-14(19)16-9-7-11-5-4-6-12(10-11)13(17)18/h2,4-6,10H,1,3,7-9H2,(H,17,18)(H2,15,16,19). The van der Waals surface area contributed by atoms with Gasteiger partial charge in [0.25, 0.3) is 0 Å². The van der Waals surface area contributed by atoms with E-state index in [1.165, 1.54) is 0 Å². The Hall–Kier alpha value is -2.30. The Balaban J connectivity index is 2.32. The molecule has 0 radical (unpaired) electrons. The van der Waals surface area contributed by atoms with E-state index in [4.69, 9.17) is 5.11 Å². The molecule has 1 aromatic rings. The Morgan fingerprint density at radius 1 is 1.26 bits per heavy atom. The zero-order valence-corrected chi connectivity index (χ0v) is 10.7. The molecule has 0 unspecified atom stereocenters. The van der Waals surface area contributed by atoms with Crippen LogP contribution in [-0.2, 0) is 6.42 Å². The molecule has 2 amide bonds. The van der Waals surface area contributed by atoms with Crippen LogP contribution in [0.3, 0.4) is 0 Å². The van der Waals surface area contributed by atoms with Crippen molar-refractivity contribution in [3.63, 3.8) is 0 Å². The van der Waals surface area contributed by atoms with Crippen molar-refractivity contribution in [2.45, 2.75) is 12.8 Å². The van der Waals surface area contributed by atoms with Crippen LogP contribution in [-0.4, -0.2) is 30.2 Å². The lowest BCUT2D eigenvalue weighted by Gasteiger charge is -2.07. The highest BCUT2D eigenvalue weighted by Gasteiger charge is 2.03. The molecule has 0 aliphatic heterocycles. The van der Waals surface area contributed by atoms with Crippen molar-refractivity contribution in [1.29, 1.82) is 0 Å². The fourth-order valence-electron chi connectivity index (χ4n) is 1.53. The lowest BCUT2D eigenvalue weighted by atomic mass is 10.1. The summed E-state index contributed by atoms with van der Waals surface area (Å²) in [6, 6.07) is 6.46. The van der Waals surface area contributed by atoms with Crippen molar-refractivity contribution < 1.29 is 14.7 Å². The second-order valence-corrected chi connectivity index (χ2v) is 4.02. The lowest BCUT2D eigenvalue weighted by Crippen LogP contribution is -2.36. The van der Waals surface area contributed by atoms with E-state index in [0.717, 1.165) is 12.0 Å². The molecule has 0 atom stereocenters. The first-order valence-electron chi connectivity index (χ1n) is 6.08. The number of carboxylic acids is 1. The van der Waals surface area contributed by atoms with E-state index in [-0.39, 0.29) is 11.6 Å². The third kappa shape index (κ3) is 5.72. The summed E-state index contributed by atoms with van der Waals surface area (Å²) >= 11 is 0. The van der Waals surface area contributed by atoms with Crippen LogP contribution < -0.4 is 10.6 Å². The molecule has 0 aliphatic carbocycles. The molecule has 0 bridgehead atoms. The SMILES string of the molecule is C=CCCNC(=O)NCCc1cccc(C(=O)O)c1. The van der Waals surface area contributed by atoms with Gasteiger partial charge in [0.05, 0.1) is 5.56 Å². The number of aromatic carboxylic acids is 1. The summed E-state index contributed by atoms with van der Waals surface area (Å²) in [4.78, 5) is 22.1. The number of rotatable bonds is 7. The van der Waals surface area contributed by atoms with Crippen molar-refractivity contribution in [3.05, 3.63) is 48.0 Å². The molecule has 0 aliphatic rings. The average Bonchev–Trinajstić information content (AvgIpc) is 2.39. The van der Waals surface area contributed by atoms with Gasteiger partial charge in [-0.05, 0) is 30.5 Å². The van der Waals surface area contributed by atoms with Gasteiger partial charge in [-0.25, -0.2) is 9.59 Å². The molecule has 19 heavy (non-hydrogen) atoms. The number of hydrogen-bond donors (Lipinski definition) is 3. The van der Waals surface area contributed by atoms with Crippen molar-refractivity contribution in [2.24, 2.45) is 0 Å². The van der Waals surface area contributed by atoms with Gasteiger partial charge in [0, 0.05) is 13.1 Å². The van der Waals surface area contributed by atoms with Crippen molar-refractivity contribution >= 4 is 12.0 Å². The van der Waals surface area contributed by atoms with Crippen molar-refractivity contribution in [2.75, 3.05) is 13.1 Å². The summed E-state index contributed by atoms with van der Waals surface area (Å²) in [7, 11) is 0. The summed E-state index contributed by atoms with van der Waals surface area (Å²) in [5.74, 6) is -0.947. The number of carbonyl (C=O) groups is 2. The van der Waals surface area contributed by atoms with Crippen LogP contribution in [0.2, 0.25) is 0 Å². The Bertz CT molecular complexity index is 458. The molecule has 0 fully saturated rings. The highest BCUT2D eigenvalue weighted by molar-refractivity contribution is 5.87. The third-order valence-electron chi connectivity index (χ3n) is 2.51. The maximum absolute atomic E-state index is 11.3. The van der Waals surface area contributed by atoms with E-state index in [2.05, 4.69) is 17.2 Å². The van der Waals surface area contributed by atoms with E-state index >= 15 is 0 Å². The van der Waals surface area contributed by atoms with Gasteiger partial charge in [-0.2, -0.15) is 0 Å². The van der Waals surface area contributed by atoms with Gasteiger partial charge in [0.1, 0.15) is 0 Å². The van der Waals surface area contributed by atoms with E-state index < -0.39 is 5.97 Å². The van der Waals surface area contributed by atoms with Gasteiger partial charge in [-0.3, -0.25) is 0 Å². The maximum Gasteiger partial charge on any atom is 0.335 e. The Labute approximate surface area is 112 Å². The summed E-state index contributed by atoms with van der Waals surface area (Å²) in [6.07, 6.45) is 3.06. The van der Waals surface area contributed by atoms with Crippen LogP contribution in [0.4, 0.5) is 4.79 Å².